The van der Waals surface area contributed by atoms with E-state index in [2.05, 4.69) is 71.0 Å². The number of hydrogen-bond donors (Lipinski definition) is 0. The lowest BCUT2D eigenvalue weighted by molar-refractivity contribution is -0.140. The lowest BCUT2D eigenvalue weighted by atomic mass is 9.91. The Bertz CT molecular complexity index is 1470. The van der Waals surface area contributed by atoms with Crippen molar-refractivity contribution in [2.45, 2.75) is 58.2 Å². The lowest BCUT2D eigenvalue weighted by Gasteiger charge is -2.43. The van der Waals surface area contributed by atoms with Crippen molar-refractivity contribution in [3.8, 4) is 0 Å². The van der Waals surface area contributed by atoms with E-state index in [1.54, 1.807) is 0 Å². The Morgan fingerprint density at radius 1 is 0.805 bits per heavy atom. The average Bonchev–Trinajstić information content (AvgIpc) is 3.02. The van der Waals surface area contributed by atoms with Crippen LogP contribution in [0, 0.1) is 5.92 Å². The summed E-state index contributed by atoms with van der Waals surface area (Å²) in [6.45, 7) is 8.27. The predicted octanol–water partition coefficient (Wildman–Crippen LogP) is 6.75. The molecule has 5 heteroatoms. The molecule has 0 bridgehead atoms. The van der Waals surface area contributed by atoms with E-state index in [0.29, 0.717) is 12.6 Å². The van der Waals surface area contributed by atoms with Crippen molar-refractivity contribution in [3.05, 3.63) is 96.1 Å². The lowest BCUT2D eigenvalue weighted by Crippen LogP contribution is -2.52. The molecular formula is C36H41N3O2. The molecule has 2 heterocycles. The van der Waals surface area contributed by atoms with E-state index in [4.69, 9.17) is 0 Å². The fourth-order valence-corrected chi connectivity index (χ4v) is 6.91. The monoisotopic (exact) mass is 547 g/mol. The molecule has 5 nitrogen and oxygen atoms in total. The van der Waals surface area contributed by atoms with Crippen molar-refractivity contribution >= 4 is 33.4 Å². The topological polar surface area (TPSA) is 43.9 Å². The minimum Gasteiger partial charge on any atom is -0.338 e. The summed E-state index contributed by atoms with van der Waals surface area (Å²) in [7, 11) is 0. The van der Waals surface area contributed by atoms with Gasteiger partial charge in [-0.15, -0.1) is 0 Å². The highest BCUT2D eigenvalue weighted by Gasteiger charge is 2.35. The van der Waals surface area contributed by atoms with Gasteiger partial charge in [0.05, 0.1) is 11.5 Å². The molecule has 2 aliphatic rings. The molecular weight excluding hydrogens is 506 g/mol. The molecule has 0 spiro atoms. The standard InChI is InChI=1S/C36H41N3O2/c1-26(2)39(24-27-11-4-3-5-12-27)35(40)30-15-10-20-38(25-30)31-18-21-37(22-19-31)36(41)34-32-16-8-6-13-28(32)23-29-14-7-9-17-33(29)34/h3-9,11-14,16-17,23,26,30-31H,10,15,18-22,24-25H2,1-2H3/t30-/m1/s1. The minimum absolute atomic E-state index is 0.0385. The highest BCUT2D eigenvalue weighted by atomic mass is 16.2. The van der Waals surface area contributed by atoms with Gasteiger partial charge in [0.1, 0.15) is 0 Å². The van der Waals surface area contributed by atoms with Crippen molar-refractivity contribution < 1.29 is 9.59 Å². The molecule has 0 aliphatic carbocycles. The number of carbonyl (C=O) groups excluding carboxylic acids is 2. The minimum atomic E-state index is 0.0385. The van der Waals surface area contributed by atoms with Gasteiger partial charge in [-0.25, -0.2) is 0 Å². The summed E-state index contributed by atoms with van der Waals surface area (Å²) in [5, 5.41) is 4.27. The first kappa shape index (κ1) is 27.5. The maximum Gasteiger partial charge on any atom is 0.255 e. The van der Waals surface area contributed by atoms with Crippen molar-refractivity contribution in [3.63, 3.8) is 0 Å². The van der Waals surface area contributed by atoms with Crippen LogP contribution in [-0.2, 0) is 11.3 Å². The first-order chi connectivity index (χ1) is 20.0. The Labute approximate surface area is 243 Å². The molecule has 212 valence electrons. The summed E-state index contributed by atoms with van der Waals surface area (Å²) in [5.41, 5.74) is 2.01. The van der Waals surface area contributed by atoms with Gasteiger partial charge in [-0.3, -0.25) is 14.5 Å². The second kappa shape index (κ2) is 12.0. The highest BCUT2D eigenvalue weighted by Crippen LogP contribution is 2.31. The molecule has 2 amide bonds. The predicted molar refractivity (Wildman–Crippen MR) is 167 cm³/mol. The van der Waals surface area contributed by atoms with Crippen LogP contribution in [0.2, 0.25) is 0 Å². The van der Waals surface area contributed by atoms with E-state index in [1.807, 2.05) is 42.5 Å². The zero-order chi connectivity index (χ0) is 28.3. The van der Waals surface area contributed by atoms with Gasteiger partial charge in [0, 0.05) is 38.3 Å². The average molecular weight is 548 g/mol. The molecule has 0 saturated carbocycles. The number of piperidine rings is 2. The third kappa shape index (κ3) is 5.73. The Kier molecular flexibility index (Phi) is 8.06. The van der Waals surface area contributed by atoms with Crippen LogP contribution in [0.25, 0.3) is 21.5 Å². The summed E-state index contributed by atoms with van der Waals surface area (Å²) in [4.78, 5) is 34.4. The van der Waals surface area contributed by atoms with Gasteiger partial charge in [0.15, 0.2) is 0 Å². The molecule has 0 aromatic heterocycles. The summed E-state index contributed by atoms with van der Waals surface area (Å²) >= 11 is 0. The fraction of sp³-hybridized carbons (Fsp3) is 0.389. The van der Waals surface area contributed by atoms with Crippen molar-refractivity contribution in [1.29, 1.82) is 0 Å². The molecule has 4 aromatic rings. The maximum atomic E-state index is 14.0. The molecule has 2 fully saturated rings. The molecule has 41 heavy (non-hydrogen) atoms. The smallest absolute Gasteiger partial charge is 0.255 e. The number of hydrogen-bond acceptors (Lipinski definition) is 3. The summed E-state index contributed by atoms with van der Waals surface area (Å²) in [6, 6.07) is 29.5. The fourth-order valence-electron chi connectivity index (χ4n) is 6.91. The SMILES string of the molecule is CC(C)N(Cc1ccccc1)C(=O)[C@@H]1CCCN(C2CCN(C(=O)c3c4ccccc4cc4ccccc34)CC2)C1. The van der Waals surface area contributed by atoms with Crippen LogP contribution in [0.1, 0.15) is 55.5 Å². The number of benzene rings is 4. The summed E-state index contributed by atoms with van der Waals surface area (Å²) in [5.74, 6) is 0.456. The molecule has 0 radical (unpaired) electrons. The number of rotatable bonds is 6. The van der Waals surface area contributed by atoms with Gasteiger partial charge in [-0.05, 0) is 79.3 Å². The van der Waals surface area contributed by atoms with Gasteiger partial charge in [0.25, 0.3) is 5.91 Å². The normalized spacial score (nSPS) is 18.7. The Hall–Kier alpha value is -3.70. The zero-order valence-electron chi connectivity index (χ0n) is 24.3. The van der Waals surface area contributed by atoms with Crippen LogP contribution >= 0.6 is 0 Å². The van der Waals surface area contributed by atoms with Crippen molar-refractivity contribution in [1.82, 2.24) is 14.7 Å². The van der Waals surface area contributed by atoms with Gasteiger partial charge in [-0.2, -0.15) is 0 Å². The van der Waals surface area contributed by atoms with E-state index >= 15 is 0 Å². The number of likely N-dealkylation sites (tertiary alicyclic amines) is 2. The van der Waals surface area contributed by atoms with E-state index in [9.17, 15) is 9.59 Å². The Morgan fingerprint density at radius 2 is 1.41 bits per heavy atom. The maximum absolute atomic E-state index is 14.0. The molecule has 4 aromatic carbocycles. The van der Waals surface area contributed by atoms with Crippen molar-refractivity contribution in [2.75, 3.05) is 26.2 Å². The number of nitrogens with zero attached hydrogens (tertiary/aromatic N) is 3. The molecule has 0 unspecified atom stereocenters. The highest BCUT2D eigenvalue weighted by molar-refractivity contribution is 6.18. The third-order valence-electron chi connectivity index (χ3n) is 9.16. The molecule has 2 aliphatic heterocycles. The van der Waals surface area contributed by atoms with Crippen LogP contribution in [0.3, 0.4) is 0 Å². The second-order valence-corrected chi connectivity index (χ2v) is 12.1. The van der Waals surface area contributed by atoms with E-state index in [-0.39, 0.29) is 23.8 Å². The first-order valence-corrected chi connectivity index (χ1v) is 15.3. The largest absolute Gasteiger partial charge is 0.338 e. The van der Waals surface area contributed by atoms with Gasteiger partial charge in [0.2, 0.25) is 5.91 Å². The van der Waals surface area contributed by atoms with Crippen LogP contribution in [0.4, 0.5) is 0 Å². The van der Waals surface area contributed by atoms with Crippen LogP contribution in [0.15, 0.2) is 84.9 Å². The zero-order valence-corrected chi connectivity index (χ0v) is 24.3. The van der Waals surface area contributed by atoms with Crippen LogP contribution in [0.5, 0.6) is 0 Å². The Balaban J connectivity index is 1.13. The number of fused-ring (bicyclic) bond motifs is 2. The van der Waals surface area contributed by atoms with Crippen LogP contribution < -0.4 is 0 Å². The first-order valence-electron chi connectivity index (χ1n) is 15.3. The second-order valence-electron chi connectivity index (χ2n) is 12.1. The molecule has 6 rings (SSSR count). The van der Waals surface area contributed by atoms with E-state index in [1.165, 1.54) is 5.56 Å². The quantitative estimate of drug-likeness (QED) is 0.251. The Morgan fingerprint density at radius 3 is 2.05 bits per heavy atom. The van der Waals surface area contributed by atoms with Gasteiger partial charge in [-0.1, -0.05) is 78.9 Å². The van der Waals surface area contributed by atoms with Crippen LogP contribution in [-0.4, -0.2) is 64.8 Å². The van der Waals surface area contributed by atoms with E-state index < -0.39 is 0 Å². The molecule has 0 N–H and O–H groups in total. The number of amides is 2. The van der Waals surface area contributed by atoms with Crippen molar-refractivity contribution in [2.24, 2.45) is 5.92 Å². The summed E-state index contributed by atoms with van der Waals surface area (Å²) < 4.78 is 0. The summed E-state index contributed by atoms with van der Waals surface area (Å²) in [6.07, 6.45) is 3.91. The number of carbonyl (C=O) groups is 2. The van der Waals surface area contributed by atoms with Gasteiger partial charge < -0.3 is 9.80 Å². The molecule has 1 atom stereocenters. The third-order valence-corrected chi connectivity index (χ3v) is 9.16. The van der Waals surface area contributed by atoms with E-state index in [0.717, 1.165) is 79.0 Å². The van der Waals surface area contributed by atoms with Gasteiger partial charge >= 0.3 is 0 Å². The molecule has 2 saturated heterocycles.